The third kappa shape index (κ3) is 4.38. The molecule has 6 aromatic rings. The van der Waals surface area contributed by atoms with Crippen LogP contribution in [0.15, 0.2) is 89.8 Å². The molecule has 0 aliphatic rings. The minimum Gasteiger partial charge on any atom is -0.497 e. The molecule has 0 radical (unpaired) electrons. The van der Waals surface area contributed by atoms with E-state index in [4.69, 9.17) is 14.3 Å². The number of benzene rings is 3. The average molecular weight is 512 g/mol. The number of aromatic nitrogens is 4. The van der Waals surface area contributed by atoms with Crippen molar-refractivity contribution in [1.29, 1.82) is 0 Å². The van der Waals surface area contributed by atoms with Crippen LogP contribution in [0, 0.1) is 0 Å². The van der Waals surface area contributed by atoms with Gasteiger partial charge in [0.25, 0.3) is 0 Å². The van der Waals surface area contributed by atoms with E-state index < -0.39 is 10.0 Å². The Kier molecular flexibility index (Phi) is 5.38. The molecule has 0 bridgehead atoms. The summed E-state index contributed by atoms with van der Waals surface area (Å²) in [5.41, 5.74) is 7.32. The van der Waals surface area contributed by atoms with Crippen LogP contribution >= 0.6 is 0 Å². The fraction of sp³-hybridized carbons (Fsp3) is 0.0741. The monoisotopic (exact) mass is 511 g/mol. The average Bonchev–Trinajstić information content (AvgIpc) is 3.52. The molecule has 0 unspecified atom stereocenters. The third-order valence-electron chi connectivity index (χ3n) is 6.08. The van der Waals surface area contributed by atoms with Crippen LogP contribution in [-0.2, 0) is 10.0 Å². The lowest BCUT2D eigenvalue weighted by molar-refractivity contribution is 0.315. The van der Waals surface area contributed by atoms with E-state index in [1.807, 2.05) is 65.4 Å². The number of fused-ring (bicyclic) bond motifs is 2. The zero-order chi connectivity index (χ0) is 25.6. The summed E-state index contributed by atoms with van der Waals surface area (Å²) in [6, 6.07) is 22.9. The molecule has 0 atom stereocenters. The summed E-state index contributed by atoms with van der Waals surface area (Å²) in [6.45, 7) is 0. The van der Waals surface area contributed by atoms with E-state index in [9.17, 15) is 8.42 Å². The SMILES string of the molecule is COc1ccc(-n2cc(-c3ccc4nonc4c3)c3cc(-c4ccc(NS(C)(=O)=O)cc4)cnc32)cc1. The molecule has 0 saturated heterocycles. The number of methoxy groups -OCH3 is 1. The van der Waals surface area contributed by atoms with Crippen molar-refractivity contribution < 1.29 is 17.8 Å². The van der Waals surface area contributed by atoms with E-state index in [0.29, 0.717) is 16.7 Å². The lowest BCUT2D eigenvalue weighted by Crippen LogP contribution is -2.09. The van der Waals surface area contributed by atoms with E-state index in [2.05, 4.69) is 27.3 Å². The number of nitrogens with zero attached hydrogens (tertiary/aromatic N) is 4. The standard InChI is InChI=1S/C27H21N5O4S/c1-35-22-10-8-21(9-11-22)32-16-24(18-5-12-25-26(14-18)30-36-29-25)23-13-19(15-28-27(23)32)17-3-6-20(7-4-17)31-37(2,33)34/h3-16,31H,1-2H3. The van der Waals surface area contributed by atoms with Crippen LogP contribution in [0.3, 0.4) is 0 Å². The van der Waals surface area contributed by atoms with Crippen molar-refractivity contribution >= 4 is 37.8 Å². The summed E-state index contributed by atoms with van der Waals surface area (Å²) in [5.74, 6) is 0.772. The van der Waals surface area contributed by atoms with Crippen molar-refractivity contribution in [3.05, 3.63) is 85.2 Å². The van der Waals surface area contributed by atoms with Crippen molar-refractivity contribution in [3.8, 4) is 33.7 Å². The molecule has 0 saturated carbocycles. The van der Waals surface area contributed by atoms with Gasteiger partial charge in [-0.3, -0.25) is 4.72 Å². The number of ether oxygens (including phenoxy) is 1. The second-order valence-electron chi connectivity index (χ2n) is 8.63. The second kappa shape index (κ2) is 8.75. The number of pyridine rings is 1. The predicted molar refractivity (Wildman–Crippen MR) is 142 cm³/mol. The molecule has 6 rings (SSSR count). The molecular formula is C27H21N5O4S. The molecule has 37 heavy (non-hydrogen) atoms. The number of rotatable bonds is 6. The summed E-state index contributed by atoms with van der Waals surface area (Å²) in [5, 5.41) is 8.85. The molecule has 1 N–H and O–H groups in total. The number of nitrogens with one attached hydrogen (secondary N) is 1. The predicted octanol–water partition coefficient (Wildman–Crippen LogP) is 5.28. The smallest absolute Gasteiger partial charge is 0.229 e. The number of hydrogen-bond acceptors (Lipinski definition) is 7. The zero-order valence-corrected chi connectivity index (χ0v) is 20.7. The van der Waals surface area contributed by atoms with Gasteiger partial charge >= 0.3 is 0 Å². The van der Waals surface area contributed by atoms with E-state index in [1.54, 1.807) is 19.2 Å². The molecule has 0 aliphatic carbocycles. The number of hydrogen-bond donors (Lipinski definition) is 1. The van der Waals surface area contributed by atoms with Crippen LogP contribution in [0.1, 0.15) is 0 Å². The summed E-state index contributed by atoms with van der Waals surface area (Å²) < 4.78 is 37.8. The van der Waals surface area contributed by atoms with Gasteiger partial charge in [-0.25, -0.2) is 18.0 Å². The van der Waals surface area contributed by atoms with Crippen molar-refractivity contribution in [1.82, 2.24) is 19.9 Å². The largest absolute Gasteiger partial charge is 0.497 e. The summed E-state index contributed by atoms with van der Waals surface area (Å²) in [7, 11) is -1.71. The van der Waals surface area contributed by atoms with E-state index >= 15 is 0 Å². The number of sulfonamides is 1. The lowest BCUT2D eigenvalue weighted by atomic mass is 10.0. The molecule has 3 aromatic heterocycles. The Hall–Kier alpha value is -4.70. The summed E-state index contributed by atoms with van der Waals surface area (Å²) in [6.07, 6.45) is 4.99. The van der Waals surface area contributed by atoms with Gasteiger partial charge in [0.2, 0.25) is 10.0 Å². The maximum atomic E-state index is 11.5. The van der Waals surface area contributed by atoms with Crippen LogP contribution in [0.5, 0.6) is 5.75 Å². The van der Waals surface area contributed by atoms with Gasteiger partial charge in [-0.1, -0.05) is 18.2 Å². The van der Waals surface area contributed by atoms with Crippen molar-refractivity contribution in [3.63, 3.8) is 0 Å². The normalized spacial score (nSPS) is 11.7. The van der Waals surface area contributed by atoms with Crippen molar-refractivity contribution in [2.75, 3.05) is 18.1 Å². The molecule has 3 heterocycles. The van der Waals surface area contributed by atoms with Crippen molar-refractivity contribution in [2.45, 2.75) is 0 Å². The molecule has 0 amide bonds. The zero-order valence-electron chi connectivity index (χ0n) is 19.9. The molecular weight excluding hydrogens is 490 g/mol. The Morgan fingerprint density at radius 2 is 1.59 bits per heavy atom. The lowest BCUT2D eigenvalue weighted by Gasteiger charge is -2.08. The second-order valence-corrected chi connectivity index (χ2v) is 10.4. The molecule has 3 aromatic carbocycles. The Morgan fingerprint density at radius 1 is 0.865 bits per heavy atom. The molecule has 184 valence electrons. The summed E-state index contributed by atoms with van der Waals surface area (Å²) >= 11 is 0. The van der Waals surface area contributed by atoms with Gasteiger partial charge in [0.05, 0.1) is 13.4 Å². The highest BCUT2D eigenvalue weighted by Gasteiger charge is 2.16. The molecule has 0 fully saturated rings. The molecule has 0 aliphatic heterocycles. The summed E-state index contributed by atoms with van der Waals surface area (Å²) in [4.78, 5) is 4.83. The Morgan fingerprint density at radius 3 is 2.32 bits per heavy atom. The van der Waals surface area contributed by atoms with Gasteiger partial charge in [0.15, 0.2) is 0 Å². The van der Waals surface area contributed by atoms with Crippen LogP contribution in [0.25, 0.3) is 50.0 Å². The van der Waals surface area contributed by atoms with Crippen LogP contribution < -0.4 is 9.46 Å². The maximum Gasteiger partial charge on any atom is 0.229 e. The molecule has 10 heteroatoms. The van der Waals surface area contributed by atoms with Gasteiger partial charge in [0, 0.05) is 40.3 Å². The fourth-order valence-electron chi connectivity index (χ4n) is 4.33. The maximum absolute atomic E-state index is 11.5. The Balaban J connectivity index is 1.50. The van der Waals surface area contributed by atoms with Crippen LogP contribution in [0.4, 0.5) is 5.69 Å². The quantitative estimate of drug-likeness (QED) is 0.324. The first kappa shape index (κ1) is 22.7. The first-order valence-corrected chi connectivity index (χ1v) is 13.2. The van der Waals surface area contributed by atoms with Gasteiger partial charge in [-0.15, -0.1) is 0 Å². The van der Waals surface area contributed by atoms with Crippen LogP contribution in [0.2, 0.25) is 0 Å². The third-order valence-corrected chi connectivity index (χ3v) is 6.69. The van der Waals surface area contributed by atoms with Crippen LogP contribution in [-0.4, -0.2) is 41.6 Å². The van der Waals surface area contributed by atoms with Gasteiger partial charge in [-0.2, -0.15) is 0 Å². The molecule has 0 spiro atoms. The highest BCUT2D eigenvalue weighted by molar-refractivity contribution is 7.92. The van der Waals surface area contributed by atoms with E-state index in [1.165, 1.54) is 0 Å². The van der Waals surface area contributed by atoms with Gasteiger partial charge < -0.3 is 9.30 Å². The minimum absolute atomic E-state index is 0.501. The number of anilines is 1. The Labute approximate surface area is 212 Å². The minimum atomic E-state index is -3.35. The first-order valence-electron chi connectivity index (χ1n) is 11.3. The Bertz CT molecular complexity index is 1860. The highest BCUT2D eigenvalue weighted by Crippen LogP contribution is 2.35. The fourth-order valence-corrected chi connectivity index (χ4v) is 4.89. The van der Waals surface area contributed by atoms with Gasteiger partial charge in [0.1, 0.15) is 22.4 Å². The van der Waals surface area contributed by atoms with Crippen molar-refractivity contribution in [2.24, 2.45) is 0 Å². The van der Waals surface area contributed by atoms with E-state index in [0.717, 1.165) is 51.0 Å². The van der Waals surface area contributed by atoms with E-state index in [-0.39, 0.29) is 0 Å². The van der Waals surface area contributed by atoms with Gasteiger partial charge in [-0.05, 0) is 76.0 Å². The first-order chi connectivity index (χ1) is 17.9. The molecule has 9 nitrogen and oxygen atoms in total. The topological polar surface area (TPSA) is 112 Å². The highest BCUT2D eigenvalue weighted by atomic mass is 32.2.